The van der Waals surface area contributed by atoms with E-state index in [2.05, 4.69) is 162 Å². The van der Waals surface area contributed by atoms with Crippen molar-refractivity contribution in [3.63, 3.8) is 0 Å². The van der Waals surface area contributed by atoms with Gasteiger partial charge in [0.2, 0.25) is 0 Å². The lowest BCUT2D eigenvalue weighted by atomic mass is 9.98. The molecule has 56 heavy (non-hydrogen) atoms. The third-order valence-electron chi connectivity index (χ3n) is 11.2. The molecule has 0 aliphatic heterocycles. The normalized spacial score (nSPS) is 11.9. The van der Waals surface area contributed by atoms with E-state index in [9.17, 15) is 0 Å². The van der Waals surface area contributed by atoms with Gasteiger partial charge in [0.25, 0.3) is 0 Å². The van der Waals surface area contributed by atoms with Gasteiger partial charge < -0.3 is 8.98 Å². The molecule has 5 nitrogen and oxygen atoms in total. The predicted octanol–water partition coefficient (Wildman–Crippen LogP) is 13.3. The molecule has 0 fully saturated rings. The number of aromatic nitrogens is 4. The molecule has 3 heterocycles. The molecular weight excluding hydrogens is 685 g/mol. The van der Waals surface area contributed by atoms with Crippen molar-refractivity contribution in [2.75, 3.05) is 0 Å². The Morgan fingerprint density at radius 2 is 1.02 bits per heavy atom. The average Bonchev–Trinajstić information content (AvgIpc) is 3.81. The first kappa shape index (κ1) is 30.8. The second-order valence-corrected chi connectivity index (χ2v) is 14.4. The van der Waals surface area contributed by atoms with Crippen molar-refractivity contribution in [1.29, 1.82) is 0 Å². The first-order valence-corrected chi connectivity index (χ1v) is 18.9. The Hall–Kier alpha value is -7.63. The summed E-state index contributed by atoms with van der Waals surface area (Å²) in [6, 6.07) is 63.8. The van der Waals surface area contributed by atoms with Crippen molar-refractivity contribution in [3.05, 3.63) is 182 Å². The standard InChI is InChI=1S/C51H30N4O/c1-2-14-32(15-3-1)49-52-50(36-26-25-31-13-4-5-16-33(31)27-36)54-51(53-49)39-22-12-21-38-41(39)30-45(48-47(38)40-20-9-11-24-46(40)56-48)55-43-23-10-8-19-37(43)42-28-34-17-6-7-18-35(34)29-44(42)55/h1-30H. The van der Waals surface area contributed by atoms with Crippen LogP contribution < -0.4 is 0 Å². The Morgan fingerprint density at radius 1 is 0.375 bits per heavy atom. The summed E-state index contributed by atoms with van der Waals surface area (Å²) in [5.41, 5.74) is 7.66. The molecule has 0 N–H and O–H groups in total. The van der Waals surface area contributed by atoms with E-state index in [1.54, 1.807) is 0 Å². The molecule has 0 saturated carbocycles. The van der Waals surface area contributed by atoms with Crippen molar-refractivity contribution >= 4 is 76.1 Å². The van der Waals surface area contributed by atoms with Gasteiger partial charge >= 0.3 is 0 Å². The van der Waals surface area contributed by atoms with Gasteiger partial charge in [-0.1, -0.05) is 146 Å². The Labute approximate surface area is 320 Å². The number of furan rings is 1. The quantitative estimate of drug-likeness (QED) is 0.182. The predicted molar refractivity (Wildman–Crippen MR) is 230 cm³/mol. The Bertz CT molecular complexity index is 3540. The zero-order chi connectivity index (χ0) is 36.7. The van der Waals surface area contributed by atoms with Crippen LogP contribution in [0, 0.1) is 0 Å². The van der Waals surface area contributed by atoms with E-state index in [-0.39, 0.29) is 0 Å². The number of nitrogens with zero attached hydrogens (tertiary/aromatic N) is 4. The molecule has 3 aromatic heterocycles. The molecule has 0 atom stereocenters. The minimum Gasteiger partial charge on any atom is -0.454 e. The number of hydrogen-bond donors (Lipinski definition) is 0. The monoisotopic (exact) mass is 714 g/mol. The smallest absolute Gasteiger partial charge is 0.164 e. The van der Waals surface area contributed by atoms with Gasteiger partial charge in [0.15, 0.2) is 23.1 Å². The van der Waals surface area contributed by atoms with Crippen LogP contribution in [0.3, 0.4) is 0 Å². The van der Waals surface area contributed by atoms with Crippen LogP contribution in [0.5, 0.6) is 0 Å². The summed E-state index contributed by atoms with van der Waals surface area (Å²) < 4.78 is 9.25. The van der Waals surface area contributed by atoms with E-state index < -0.39 is 0 Å². The summed E-state index contributed by atoms with van der Waals surface area (Å²) >= 11 is 0. The topological polar surface area (TPSA) is 56.7 Å². The van der Waals surface area contributed by atoms with Crippen molar-refractivity contribution in [2.45, 2.75) is 0 Å². The Kier molecular flexibility index (Phi) is 6.56. The van der Waals surface area contributed by atoms with Gasteiger partial charge in [-0.25, -0.2) is 15.0 Å². The number of rotatable bonds is 4. The third kappa shape index (κ3) is 4.64. The second kappa shape index (κ2) is 11.9. The SMILES string of the molecule is c1ccc(-c2nc(-c3ccc4ccccc4c3)nc(-c3cccc4c3cc(-n3c5ccccc5c5cc6ccccc6cc53)c3oc5ccccc5c34)n2)cc1. The lowest BCUT2D eigenvalue weighted by Crippen LogP contribution is -2.01. The first-order chi connectivity index (χ1) is 27.7. The fourth-order valence-electron chi connectivity index (χ4n) is 8.58. The maximum atomic E-state index is 6.87. The van der Waals surface area contributed by atoms with E-state index in [0.29, 0.717) is 17.5 Å². The van der Waals surface area contributed by atoms with Crippen LogP contribution in [0.4, 0.5) is 0 Å². The summed E-state index contributed by atoms with van der Waals surface area (Å²) in [5.74, 6) is 1.86. The molecule has 12 aromatic rings. The zero-order valence-corrected chi connectivity index (χ0v) is 30.0. The van der Waals surface area contributed by atoms with Crippen molar-refractivity contribution in [1.82, 2.24) is 19.5 Å². The summed E-state index contributed by atoms with van der Waals surface area (Å²) in [6.07, 6.45) is 0. The fraction of sp³-hybridized carbons (Fsp3) is 0. The Balaban J connectivity index is 1.20. The van der Waals surface area contributed by atoms with E-state index in [1.807, 2.05) is 24.3 Å². The maximum Gasteiger partial charge on any atom is 0.164 e. The summed E-state index contributed by atoms with van der Waals surface area (Å²) in [5, 5.41) is 11.3. The van der Waals surface area contributed by atoms with Crippen molar-refractivity contribution < 1.29 is 4.42 Å². The van der Waals surface area contributed by atoms with Gasteiger partial charge in [0.1, 0.15) is 5.58 Å². The van der Waals surface area contributed by atoms with E-state index in [4.69, 9.17) is 19.4 Å². The van der Waals surface area contributed by atoms with Crippen LogP contribution in [0.25, 0.3) is 116 Å². The molecule has 0 radical (unpaired) electrons. The molecular formula is C51H30N4O. The number of hydrogen-bond acceptors (Lipinski definition) is 4. The molecule has 0 unspecified atom stereocenters. The summed E-state index contributed by atoms with van der Waals surface area (Å²) in [6.45, 7) is 0. The molecule has 0 bridgehead atoms. The number of para-hydroxylation sites is 2. The van der Waals surface area contributed by atoms with Gasteiger partial charge in [0, 0.05) is 38.2 Å². The fourth-order valence-corrected chi connectivity index (χ4v) is 8.58. The summed E-state index contributed by atoms with van der Waals surface area (Å²) in [7, 11) is 0. The lowest BCUT2D eigenvalue weighted by Gasteiger charge is -2.14. The average molecular weight is 715 g/mol. The molecule has 260 valence electrons. The molecule has 5 heteroatoms. The molecule has 0 amide bonds. The minimum atomic E-state index is 0.610. The van der Waals surface area contributed by atoms with Crippen LogP contribution in [0.1, 0.15) is 0 Å². The van der Waals surface area contributed by atoms with Gasteiger partial charge in [0.05, 0.1) is 16.7 Å². The van der Waals surface area contributed by atoms with Gasteiger partial charge in [-0.2, -0.15) is 0 Å². The van der Waals surface area contributed by atoms with Crippen LogP contribution in [0.15, 0.2) is 186 Å². The molecule has 9 aromatic carbocycles. The lowest BCUT2D eigenvalue weighted by molar-refractivity contribution is 0.666. The van der Waals surface area contributed by atoms with Crippen LogP contribution in [-0.2, 0) is 0 Å². The van der Waals surface area contributed by atoms with Crippen molar-refractivity contribution in [3.8, 4) is 39.9 Å². The Morgan fingerprint density at radius 3 is 1.86 bits per heavy atom. The van der Waals surface area contributed by atoms with Crippen LogP contribution in [-0.4, -0.2) is 19.5 Å². The van der Waals surface area contributed by atoms with E-state index in [0.717, 1.165) is 71.5 Å². The molecule has 0 aliphatic rings. The largest absolute Gasteiger partial charge is 0.454 e. The maximum absolute atomic E-state index is 6.87. The third-order valence-corrected chi connectivity index (χ3v) is 11.2. The first-order valence-electron chi connectivity index (χ1n) is 18.9. The number of fused-ring (bicyclic) bond motifs is 10. The molecule has 0 aliphatic carbocycles. The highest BCUT2D eigenvalue weighted by atomic mass is 16.3. The minimum absolute atomic E-state index is 0.610. The number of benzene rings is 9. The van der Waals surface area contributed by atoms with Gasteiger partial charge in [-0.05, 0) is 68.7 Å². The molecule has 12 rings (SSSR count). The van der Waals surface area contributed by atoms with Crippen molar-refractivity contribution in [2.24, 2.45) is 0 Å². The van der Waals surface area contributed by atoms with Gasteiger partial charge in [-0.15, -0.1) is 0 Å². The van der Waals surface area contributed by atoms with E-state index in [1.165, 1.54) is 26.9 Å². The van der Waals surface area contributed by atoms with E-state index >= 15 is 0 Å². The second-order valence-electron chi connectivity index (χ2n) is 14.4. The highest BCUT2D eigenvalue weighted by Crippen LogP contribution is 2.44. The van der Waals surface area contributed by atoms with Gasteiger partial charge in [-0.3, -0.25) is 0 Å². The molecule has 0 saturated heterocycles. The molecule has 0 spiro atoms. The highest BCUT2D eigenvalue weighted by Gasteiger charge is 2.23. The zero-order valence-electron chi connectivity index (χ0n) is 30.0. The van der Waals surface area contributed by atoms with Crippen LogP contribution in [0.2, 0.25) is 0 Å². The van der Waals surface area contributed by atoms with Crippen LogP contribution >= 0.6 is 0 Å². The highest BCUT2D eigenvalue weighted by molar-refractivity contribution is 6.24. The summed E-state index contributed by atoms with van der Waals surface area (Å²) in [4.78, 5) is 15.6.